The molecule has 0 spiro atoms. The number of ketones is 1. The average Bonchev–Trinajstić information content (AvgIpc) is 3.59. The molecule has 0 fully saturated rings. The summed E-state index contributed by atoms with van der Waals surface area (Å²) >= 11 is 17.8. The number of anilines is 2. The van der Waals surface area contributed by atoms with E-state index in [0.717, 1.165) is 25.3 Å². The topological polar surface area (TPSA) is 322 Å². The van der Waals surface area contributed by atoms with Crippen LogP contribution in [0.2, 0.25) is 10.0 Å². The number of hydrogen-bond donors (Lipinski definition) is 1. The SMILES string of the molecule is CCOC(=O)/C(CBr)=N/OC.CCOC(=O)/C(Cn1c(=O)nc(C)n(Cc2ccc(Cl)cc2)c1=O)=N/OC.CCOC(=O)/C(Cn1c(=O)nc(Nc2ccc(OC(C)C)c(F)c2)n(Cc2ccc(Cl)cc2)c1=O)=N/OC.CCOC(=O)C(=O)CBr. The first-order chi connectivity index (χ1) is 40.5. The van der Waals surface area contributed by atoms with Crippen molar-refractivity contribution in [2.75, 3.05) is 63.7 Å². The number of aromatic nitrogens is 6. The van der Waals surface area contributed by atoms with Crippen LogP contribution in [0, 0.1) is 12.7 Å². The maximum Gasteiger partial charge on any atom is 0.375 e. The lowest BCUT2D eigenvalue weighted by Crippen LogP contribution is -2.45. The Morgan fingerprint density at radius 1 is 0.588 bits per heavy atom. The van der Waals surface area contributed by atoms with Gasteiger partial charge in [-0.1, -0.05) is 94.8 Å². The molecule has 32 heteroatoms. The lowest BCUT2D eigenvalue weighted by Gasteiger charge is -2.17. The predicted octanol–water partition coefficient (Wildman–Crippen LogP) is 5.78. The Labute approximate surface area is 512 Å². The summed E-state index contributed by atoms with van der Waals surface area (Å²) in [6.07, 6.45) is -0.233. The van der Waals surface area contributed by atoms with Gasteiger partial charge in [-0.2, -0.15) is 9.97 Å². The number of aryl methyl sites for hydroxylation is 1. The second-order valence-electron chi connectivity index (χ2n) is 16.5. The van der Waals surface area contributed by atoms with E-state index in [9.17, 15) is 47.5 Å². The van der Waals surface area contributed by atoms with E-state index >= 15 is 0 Å². The van der Waals surface area contributed by atoms with Gasteiger partial charge in [-0.15, -0.1) is 0 Å². The lowest BCUT2D eigenvalue weighted by molar-refractivity contribution is -0.152. The summed E-state index contributed by atoms with van der Waals surface area (Å²) in [6.45, 7) is 11.6. The molecule has 2 aromatic heterocycles. The van der Waals surface area contributed by atoms with Crippen molar-refractivity contribution in [1.29, 1.82) is 0 Å². The number of nitrogens with zero attached hydrogens (tertiary/aromatic N) is 9. The molecule has 85 heavy (non-hydrogen) atoms. The summed E-state index contributed by atoms with van der Waals surface area (Å²) in [4.78, 5) is 129. The highest BCUT2D eigenvalue weighted by Gasteiger charge is 2.23. The molecule has 0 atom stereocenters. The van der Waals surface area contributed by atoms with Crippen molar-refractivity contribution >= 4 is 113 Å². The van der Waals surface area contributed by atoms with E-state index in [1.807, 2.05) is 0 Å². The number of rotatable bonds is 25. The van der Waals surface area contributed by atoms with Crippen LogP contribution in [-0.4, -0.2) is 140 Å². The summed E-state index contributed by atoms with van der Waals surface area (Å²) < 4.78 is 42.8. The fraction of sp³-hybridized carbons (Fsp3) is 0.396. The molecule has 0 saturated carbocycles. The van der Waals surface area contributed by atoms with Gasteiger partial charge in [-0.25, -0.2) is 51.9 Å². The number of esters is 4. The van der Waals surface area contributed by atoms with Gasteiger partial charge in [0.05, 0.1) is 69.4 Å². The molecule has 27 nitrogen and oxygen atoms in total. The number of carbonyl (C=O) groups is 5. The molecular weight excluding hydrogens is 1300 g/mol. The molecule has 0 saturated heterocycles. The van der Waals surface area contributed by atoms with Gasteiger partial charge >= 0.3 is 46.6 Å². The average molecular weight is 1360 g/mol. The van der Waals surface area contributed by atoms with Gasteiger partial charge in [0.15, 0.2) is 28.7 Å². The zero-order chi connectivity index (χ0) is 63.8. The largest absolute Gasteiger partial charge is 0.488 e. The molecule has 0 aliphatic carbocycles. The first kappa shape index (κ1) is 73.0. The van der Waals surface area contributed by atoms with E-state index in [2.05, 4.69) is 86.6 Å². The van der Waals surface area contributed by atoms with Crippen LogP contribution in [0.25, 0.3) is 0 Å². The molecule has 1 N–H and O–H groups in total. The maximum absolute atomic E-state index is 14.6. The minimum Gasteiger partial charge on any atom is -0.488 e. The highest BCUT2D eigenvalue weighted by molar-refractivity contribution is 9.09. The summed E-state index contributed by atoms with van der Waals surface area (Å²) in [5.41, 5.74) is -1.82. The first-order valence-electron chi connectivity index (χ1n) is 25.2. The summed E-state index contributed by atoms with van der Waals surface area (Å²) in [5, 5.41) is 14.9. The molecule has 5 aromatic rings. The van der Waals surface area contributed by atoms with E-state index < -0.39 is 71.3 Å². The summed E-state index contributed by atoms with van der Waals surface area (Å²) in [7, 11) is 3.83. The lowest BCUT2D eigenvalue weighted by atomic mass is 10.2. The Morgan fingerprint density at radius 2 is 1.00 bits per heavy atom. The standard InChI is InChI=1S/C25H27ClFN5O6.C17H19ClN4O5.C6H10BrNO3.C5H7BrO3/c1-5-37-22(33)20(30-36-4)14-32-24(34)29-23(28-18-10-11-21(19(27)12-18)38-15(2)3)31(25(32)35)13-16-6-8-17(26)9-7-16;1-4-27-15(23)14(20-26-3)10-22-16(24)19-11(2)21(17(22)25)9-12-5-7-13(18)8-6-12;1-3-11-6(9)5(4-7)8-10-2;1-2-9-5(8)4(7)3-6/h6-12,15H,5,13-14H2,1-4H3,(H,28,29,34);5-8H,4,9-10H2,1-3H3;3-4H2,1-2H3;2-3H2,1H3/b30-20+;20-14+;8-5+;. The third kappa shape index (κ3) is 24.6. The number of carbonyl (C=O) groups excluding carboxylic acids is 5. The number of oxime groups is 3. The Kier molecular flexibility index (Phi) is 33.2. The van der Waals surface area contributed by atoms with Crippen molar-refractivity contribution in [2.45, 2.75) is 80.7 Å². The van der Waals surface area contributed by atoms with Gasteiger partial charge in [0.1, 0.15) is 27.2 Å². The molecule has 0 aliphatic heterocycles. The van der Waals surface area contributed by atoms with Gasteiger partial charge in [-0.3, -0.25) is 13.9 Å². The van der Waals surface area contributed by atoms with Gasteiger partial charge in [0.25, 0.3) is 0 Å². The molecule has 0 aliphatic rings. The Hall–Kier alpha value is -8.09. The van der Waals surface area contributed by atoms with Crippen molar-refractivity contribution in [3.63, 3.8) is 0 Å². The second kappa shape index (κ2) is 38.7. The minimum absolute atomic E-state index is 0.0290. The minimum atomic E-state index is -0.974. The molecule has 0 amide bonds. The predicted molar refractivity (Wildman–Crippen MR) is 319 cm³/mol. The number of nitrogens with one attached hydrogen (secondary N) is 1. The van der Waals surface area contributed by atoms with E-state index in [1.54, 1.807) is 97.0 Å². The third-order valence-corrected chi connectivity index (χ3v) is 11.6. The van der Waals surface area contributed by atoms with Gasteiger partial charge < -0.3 is 43.5 Å². The van der Waals surface area contributed by atoms with Crippen LogP contribution in [0.15, 0.2) is 101 Å². The van der Waals surface area contributed by atoms with E-state index in [1.165, 1.54) is 38.0 Å². The summed E-state index contributed by atoms with van der Waals surface area (Å²) in [5.74, 6) is -3.89. The van der Waals surface area contributed by atoms with Gasteiger partial charge in [0, 0.05) is 21.8 Å². The normalized spacial score (nSPS) is 11.0. The van der Waals surface area contributed by atoms with Crippen LogP contribution < -0.4 is 32.8 Å². The van der Waals surface area contributed by atoms with Crippen LogP contribution in [0.1, 0.15) is 58.5 Å². The van der Waals surface area contributed by atoms with Crippen molar-refractivity contribution in [2.24, 2.45) is 15.5 Å². The third-order valence-electron chi connectivity index (χ3n) is 10.1. The fourth-order valence-electron chi connectivity index (χ4n) is 6.36. The zero-order valence-corrected chi connectivity index (χ0v) is 52.5. The van der Waals surface area contributed by atoms with Crippen LogP contribution in [0.5, 0.6) is 5.75 Å². The second-order valence-corrected chi connectivity index (χ2v) is 18.5. The van der Waals surface area contributed by atoms with E-state index in [0.29, 0.717) is 27.5 Å². The Balaban J connectivity index is 0.000000451. The molecular formula is C53H63Br2Cl2FN10O17. The quantitative estimate of drug-likeness (QED) is 0.0181. The molecule has 462 valence electrons. The van der Waals surface area contributed by atoms with Gasteiger partial charge in [-0.05, 0) is 96.0 Å². The van der Waals surface area contributed by atoms with Gasteiger partial charge in [0.2, 0.25) is 11.7 Å². The Morgan fingerprint density at radius 3 is 1.41 bits per heavy atom. The van der Waals surface area contributed by atoms with Crippen molar-refractivity contribution in [3.8, 4) is 5.75 Å². The monoisotopic (exact) mass is 1360 g/mol. The number of hydrogen-bond acceptors (Lipinski definition) is 23. The van der Waals surface area contributed by atoms with Crippen molar-refractivity contribution < 1.29 is 66.6 Å². The van der Waals surface area contributed by atoms with Crippen LogP contribution in [0.3, 0.4) is 0 Å². The first-order valence-corrected chi connectivity index (χ1v) is 28.2. The number of Topliss-reactive ketones (excluding diaryl/α,β-unsaturated/α-hetero) is 1. The molecule has 5 rings (SSSR count). The summed E-state index contributed by atoms with van der Waals surface area (Å²) in [6, 6.07) is 17.7. The molecule has 3 aromatic carbocycles. The zero-order valence-electron chi connectivity index (χ0n) is 47.9. The van der Waals surface area contributed by atoms with E-state index in [-0.39, 0.29) is 84.7 Å². The number of halogens is 5. The molecule has 2 heterocycles. The number of alkyl halides is 2. The molecule has 0 bridgehead atoms. The highest BCUT2D eigenvalue weighted by atomic mass is 79.9. The smallest absolute Gasteiger partial charge is 0.375 e. The van der Waals surface area contributed by atoms with Crippen molar-refractivity contribution in [1.82, 2.24) is 28.2 Å². The molecule has 0 unspecified atom stereocenters. The van der Waals surface area contributed by atoms with Crippen molar-refractivity contribution in [3.05, 3.63) is 141 Å². The van der Waals surface area contributed by atoms with E-state index in [4.69, 9.17) is 37.4 Å². The van der Waals surface area contributed by atoms with Crippen LogP contribution in [-0.2, 0) is 83.6 Å². The fourth-order valence-corrected chi connectivity index (χ4v) is 7.18. The number of benzene rings is 3. The maximum atomic E-state index is 14.6. The molecule has 0 radical (unpaired) electrons. The van der Waals surface area contributed by atoms with Crippen LogP contribution in [0.4, 0.5) is 16.0 Å². The Bertz CT molecular complexity index is 3390. The number of ether oxygens (including phenoxy) is 5. The highest BCUT2D eigenvalue weighted by Crippen LogP contribution is 2.24. The van der Waals surface area contributed by atoms with Crippen LogP contribution >= 0.6 is 55.1 Å².